The molecular formula is C25H25N3O3. The summed E-state index contributed by atoms with van der Waals surface area (Å²) in [6.45, 7) is 3.20. The Morgan fingerprint density at radius 1 is 0.742 bits per heavy atom. The summed E-state index contributed by atoms with van der Waals surface area (Å²) in [5.41, 5.74) is 4.51. The fraction of sp³-hybridized carbons (Fsp3) is 0.160. The van der Waals surface area contributed by atoms with Gasteiger partial charge >= 0.3 is 0 Å². The highest BCUT2D eigenvalue weighted by Crippen LogP contribution is 2.22. The van der Waals surface area contributed by atoms with Crippen molar-refractivity contribution in [1.82, 2.24) is 4.90 Å². The predicted octanol–water partition coefficient (Wildman–Crippen LogP) is 4.54. The molecule has 0 unspecified atom stereocenters. The molecule has 6 nitrogen and oxygen atoms in total. The summed E-state index contributed by atoms with van der Waals surface area (Å²) in [5, 5.41) is 5.33. The van der Waals surface area contributed by atoms with Gasteiger partial charge in [0.25, 0.3) is 5.91 Å². The van der Waals surface area contributed by atoms with Gasteiger partial charge in [0, 0.05) is 44.4 Å². The van der Waals surface area contributed by atoms with Crippen LogP contribution in [0.2, 0.25) is 0 Å². The Hall–Kier alpha value is -3.93. The van der Waals surface area contributed by atoms with E-state index in [9.17, 15) is 14.4 Å². The Balaban J connectivity index is 1.77. The first-order valence-corrected chi connectivity index (χ1v) is 9.92. The lowest BCUT2D eigenvalue weighted by Crippen LogP contribution is -2.26. The fourth-order valence-electron chi connectivity index (χ4n) is 3.30. The largest absolute Gasteiger partial charge is 0.337 e. The topological polar surface area (TPSA) is 78.5 Å². The van der Waals surface area contributed by atoms with E-state index in [1.54, 1.807) is 30.1 Å². The molecule has 3 amide bonds. The third-order valence-corrected chi connectivity index (χ3v) is 4.65. The van der Waals surface area contributed by atoms with Gasteiger partial charge in [-0.3, -0.25) is 14.4 Å². The standard InChI is InChI=1S/C25H25N3O3/c1-17(29)26-23-13-22(14-24(15-23)27-18(2)30)25(31)28(3)16-19-9-11-21(12-10-19)20-7-5-4-6-8-20/h4-15H,16H2,1-3H3,(H,26,29)(H,27,30). The number of rotatable bonds is 6. The lowest BCUT2D eigenvalue weighted by molar-refractivity contribution is -0.115. The SMILES string of the molecule is CC(=O)Nc1cc(NC(C)=O)cc(C(=O)N(C)Cc2ccc(-c3ccccc3)cc2)c1. The Bertz CT molecular complexity index is 1060. The maximum absolute atomic E-state index is 13.0. The lowest BCUT2D eigenvalue weighted by Gasteiger charge is -2.19. The normalized spacial score (nSPS) is 10.3. The molecule has 2 N–H and O–H groups in total. The monoisotopic (exact) mass is 415 g/mol. The Kier molecular flexibility index (Phi) is 6.82. The summed E-state index contributed by atoms with van der Waals surface area (Å²) in [6.07, 6.45) is 0. The van der Waals surface area contributed by atoms with E-state index in [1.165, 1.54) is 13.8 Å². The van der Waals surface area contributed by atoms with E-state index >= 15 is 0 Å². The van der Waals surface area contributed by atoms with Gasteiger partial charge in [-0.15, -0.1) is 0 Å². The molecule has 0 saturated heterocycles. The number of hydrogen-bond donors (Lipinski definition) is 2. The second kappa shape index (κ2) is 9.71. The van der Waals surface area contributed by atoms with Crippen molar-refractivity contribution in [1.29, 1.82) is 0 Å². The molecule has 3 rings (SSSR count). The molecule has 0 heterocycles. The van der Waals surface area contributed by atoms with Crippen molar-refractivity contribution in [3.05, 3.63) is 83.9 Å². The number of hydrogen-bond acceptors (Lipinski definition) is 3. The van der Waals surface area contributed by atoms with Gasteiger partial charge in [-0.25, -0.2) is 0 Å². The summed E-state index contributed by atoms with van der Waals surface area (Å²) in [5.74, 6) is -0.735. The third kappa shape index (κ3) is 6.02. The maximum Gasteiger partial charge on any atom is 0.254 e. The maximum atomic E-state index is 13.0. The van der Waals surface area contributed by atoms with Crippen LogP contribution in [0.4, 0.5) is 11.4 Å². The van der Waals surface area contributed by atoms with E-state index in [0.29, 0.717) is 23.5 Å². The van der Waals surface area contributed by atoms with Crippen molar-refractivity contribution in [2.45, 2.75) is 20.4 Å². The second-order valence-corrected chi connectivity index (χ2v) is 7.39. The second-order valence-electron chi connectivity index (χ2n) is 7.39. The average Bonchev–Trinajstić information content (AvgIpc) is 2.73. The number of benzene rings is 3. The van der Waals surface area contributed by atoms with Gasteiger partial charge < -0.3 is 15.5 Å². The molecule has 0 aliphatic carbocycles. The van der Waals surface area contributed by atoms with Crippen LogP contribution < -0.4 is 10.6 Å². The van der Waals surface area contributed by atoms with Crippen LogP contribution in [0, 0.1) is 0 Å². The minimum absolute atomic E-state index is 0.217. The molecule has 158 valence electrons. The van der Waals surface area contributed by atoms with Crippen molar-refractivity contribution < 1.29 is 14.4 Å². The summed E-state index contributed by atoms with van der Waals surface area (Å²) in [4.78, 5) is 37.5. The zero-order valence-corrected chi connectivity index (χ0v) is 17.8. The Labute approximate surface area is 181 Å². The molecule has 31 heavy (non-hydrogen) atoms. The smallest absolute Gasteiger partial charge is 0.254 e. The number of nitrogens with zero attached hydrogens (tertiary/aromatic N) is 1. The predicted molar refractivity (Wildman–Crippen MR) is 123 cm³/mol. The number of amides is 3. The van der Waals surface area contributed by atoms with E-state index < -0.39 is 0 Å². The van der Waals surface area contributed by atoms with Gasteiger partial charge in [-0.05, 0) is 34.9 Å². The van der Waals surface area contributed by atoms with Crippen molar-refractivity contribution in [2.75, 3.05) is 17.7 Å². The highest BCUT2D eigenvalue weighted by molar-refractivity contribution is 5.99. The Morgan fingerprint density at radius 3 is 1.77 bits per heavy atom. The molecule has 0 aliphatic heterocycles. The number of carbonyl (C=O) groups is 3. The molecular weight excluding hydrogens is 390 g/mol. The van der Waals surface area contributed by atoms with Crippen LogP contribution in [-0.4, -0.2) is 29.7 Å². The molecule has 3 aromatic carbocycles. The molecule has 0 atom stereocenters. The van der Waals surface area contributed by atoms with Crippen LogP contribution in [0.15, 0.2) is 72.8 Å². The van der Waals surface area contributed by atoms with Crippen LogP contribution in [0.5, 0.6) is 0 Å². The summed E-state index contributed by atoms with van der Waals surface area (Å²) < 4.78 is 0. The number of carbonyl (C=O) groups excluding carboxylic acids is 3. The highest BCUT2D eigenvalue weighted by atomic mass is 16.2. The minimum Gasteiger partial charge on any atom is -0.337 e. The van der Waals surface area contributed by atoms with Crippen molar-refractivity contribution in [2.24, 2.45) is 0 Å². The van der Waals surface area contributed by atoms with E-state index in [4.69, 9.17) is 0 Å². The molecule has 3 aromatic rings. The van der Waals surface area contributed by atoms with E-state index in [1.807, 2.05) is 42.5 Å². The van der Waals surface area contributed by atoms with Gasteiger partial charge in [0.1, 0.15) is 0 Å². The van der Waals surface area contributed by atoms with Gasteiger partial charge in [-0.2, -0.15) is 0 Å². The number of nitrogens with one attached hydrogen (secondary N) is 2. The van der Waals surface area contributed by atoms with Crippen molar-refractivity contribution >= 4 is 29.1 Å². The molecule has 0 radical (unpaired) electrons. The molecule has 0 aromatic heterocycles. The third-order valence-electron chi connectivity index (χ3n) is 4.65. The molecule has 0 aliphatic rings. The van der Waals surface area contributed by atoms with E-state index in [-0.39, 0.29) is 17.7 Å². The first kappa shape index (κ1) is 21.8. The summed E-state index contributed by atoms with van der Waals surface area (Å²) in [7, 11) is 1.72. The summed E-state index contributed by atoms with van der Waals surface area (Å²) >= 11 is 0. The lowest BCUT2D eigenvalue weighted by atomic mass is 10.0. The molecule has 0 saturated carbocycles. The molecule has 0 fully saturated rings. The molecule has 0 bridgehead atoms. The van der Waals surface area contributed by atoms with Gasteiger partial charge in [0.05, 0.1) is 0 Å². The Morgan fingerprint density at radius 2 is 1.26 bits per heavy atom. The molecule has 0 spiro atoms. The van der Waals surface area contributed by atoms with Crippen LogP contribution in [0.3, 0.4) is 0 Å². The highest BCUT2D eigenvalue weighted by Gasteiger charge is 2.15. The van der Waals surface area contributed by atoms with Crippen LogP contribution in [-0.2, 0) is 16.1 Å². The van der Waals surface area contributed by atoms with Crippen LogP contribution in [0.1, 0.15) is 29.8 Å². The van der Waals surface area contributed by atoms with Crippen molar-refractivity contribution in [3.63, 3.8) is 0 Å². The molecule has 6 heteroatoms. The van der Waals surface area contributed by atoms with Crippen LogP contribution in [0.25, 0.3) is 11.1 Å². The van der Waals surface area contributed by atoms with Gasteiger partial charge in [-0.1, -0.05) is 54.6 Å². The van der Waals surface area contributed by atoms with Gasteiger partial charge in [0.2, 0.25) is 11.8 Å². The summed E-state index contributed by atoms with van der Waals surface area (Å²) in [6, 6.07) is 23.0. The van der Waals surface area contributed by atoms with Gasteiger partial charge in [0.15, 0.2) is 0 Å². The minimum atomic E-state index is -0.259. The average molecular weight is 415 g/mol. The van der Waals surface area contributed by atoms with Crippen molar-refractivity contribution in [3.8, 4) is 11.1 Å². The number of anilines is 2. The zero-order valence-electron chi connectivity index (χ0n) is 17.8. The van der Waals surface area contributed by atoms with E-state index in [0.717, 1.165) is 16.7 Å². The quantitative estimate of drug-likeness (QED) is 0.620. The zero-order chi connectivity index (χ0) is 22.4. The first-order chi connectivity index (χ1) is 14.8. The van der Waals surface area contributed by atoms with E-state index in [2.05, 4.69) is 22.8 Å². The fourth-order valence-corrected chi connectivity index (χ4v) is 3.30. The van der Waals surface area contributed by atoms with Crippen LogP contribution >= 0.6 is 0 Å². The first-order valence-electron chi connectivity index (χ1n) is 9.92.